The smallest absolute Gasteiger partial charge is 0.0205 e. The second kappa shape index (κ2) is 6.61. The van der Waals surface area contributed by atoms with Crippen molar-refractivity contribution in [1.29, 1.82) is 0 Å². The van der Waals surface area contributed by atoms with E-state index in [0.29, 0.717) is 0 Å². The number of nitrogens with one attached hydrogen (secondary N) is 1. The quantitative estimate of drug-likeness (QED) is 0.818. The molecule has 1 nitrogen and oxygen atoms in total. The molecule has 1 aliphatic rings. The molecule has 0 spiro atoms. The van der Waals surface area contributed by atoms with Crippen LogP contribution in [0.1, 0.15) is 50.2 Å². The van der Waals surface area contributed by atoms with Crippen molar-refractivity contribution in [2.45, 2.75) is 45.6 Å². The molecule has 0 saturated heterocycles. The maximum absolute atomic E-state index is 3.39. The Morgan fingerprint density at radius 3 is 3.00 bits per heavy atom. The van der Waals surface area contributed by atoms with E-state index in [9.17, 15) is 0 Å². The third kappa shape index (κ3) is 3.71. The minimum Gasteiger partial charge on any atom is -0.313 e. The molecule has 1 heteroatoms. The second-order valence-corrected chi connectivity index (χ2v) is 4.81. The van der Waals surface area contributed by atoms with Gasteiger partial charge in [0.05, 0.1) is 0 Å². The molecular formula is C16H23N. The summed E-state index contributed by atoms with van der Waals surface area (Å²) < 4.78 is 0. The number of hydrogen-bond donors (Lipinski definition) is 1. The van der Waals surface area contributed by atoms with Crippen LogP contribution in [0, 0.1) is 0 Å². The number of rotatable bonds is 4. The van der Waals surface area contributed by atoms with Gasteiger partial charge in [0.1, 0.15) is 0 Å². The van der Waals surface area contributed by atoms with Crippen molar-refractivity contribution in [3.63, 3.8) is 0 Å². The molecule has 0 bridgehead atoms. The molecule has 0 unspecified atom stereocenters. The summed E-state index contributed by atoms with van der Waals surface area (Å²) in [5.41, 5.74) is 4.39. The van der Waals surface area contributed by atoms with Gasteiger partial charge in [-0.15, -0.1) is 0 Å². The average Bonchev–Trinajstić information content (AvgIpc) is 2.65. The van der Waals surface area contributed by atoms with Gasteiger partial charge in [0, 0.05) is 6.54 Å². The normalized spacial score (nSPS) is 16.4. The van der Waals surface area contributed by atoms with Gasteiger partial charge in [0.15, 0.2) is 0 Å². The van der Waals surface area contributed by atoms with Crippen LogP contribution in [0.2, 0.25) is 0 Å². The van der Waals surface area contributed by atoms with Gasteiger partial charge in [-0.05, 0) is 48.9 Å². The molecule has 0 amide bonds. The molecule has 92 valence electrons. The summed E-state index contributed by atoms with van der Waals surface area (Å²) in [6.07, 6.45) is 9.05. The maximum Gasteiger partial charge on any atom is 0.0205 e. The standard InChI is InChI=1S/C16H23N/c1-2-17-13-14-8-7-11-16(12-14)15-9-5-3-4-6-10-15/h7-9,11-12,17H,2-6,10,13H2,1H3. The van der Waals surface area contributed by atoms with E-state index in [2.05, 4.69) is 42.6 Å². The van der Waals surface area contributed by atoms with E-state index in [1.54, 1.807) is 5.57 Å². The summed E-state index contributed by atoms with van der Waals surface area (Å²) in [5.74, 6) is 0. The van der Waals surface area contributed by atoms with Crippen LogP contribution >= 0.6 is 0 Å². The molecular weight excluding hydrogens is 206 g/mol. The molecule has 0 saturated carbocycles. The SMILES string of the molecule is CCNCc1cccc(C2=CCCCCC2)c1. The van der Waals surface area contributed by atoms with Crippen LogP contribution in [0.25, 0.3) is 5.57 Å². The minimum absolute atomic E-state index is 0.984. The highest BCUT2D eigenvalue weighted by Gasteiger charge is 2.05. The zero-order chi connectivity index (χ0) is 11.9. The lowest BCUT2D eigenvalue weighted by atomic mass is 9.99. The number of allylic oxidation sites excluding steroid dienone is 2. The van der Waals surface area contributed by atoms with Gasteiger partial charge in [-0.25, -0.2) is 0 Å². The fraction of sp³-hybridized carbons (Fsp3) is 0.500. The summed E-state index contributed by atoms with van der Waals surface area (Å²) in [6, 6.07) is 9.00. The molecule has 2 rings (SSSR count). The topological polar surface area (TPSA) is 12.0 Å². The minimum atomic E-state index is 0.984. The van der Waals surface area contributed by atoms with Gasteiger partial charge in [-0.1, -0.05) is 43.7 Å². The van der Waals surface area contributed by atoms with E-state index >= 15 is 0 Å². The van der Waals surface area contributed by atoms with E-state index in [1.807, 2.05) is 0 Å². The summed E-state index contributed by atoms with van der Waals surface area (Å²) in [7, 11) is 0. The van der Waals surface area contributed by atoms with Crippen LogP contribution < -0.4 is 5.32 Å². The average molecular weight is 229 g/mol. The summed E-state index contributed by atoms with van der Waals surface area (Å²) in [4.78, 5) is 0. The van der Waals surface area contributed by atoms with E-state index in [0.717, 1.165) is 13.1 Å². The Morgan fingerprint density at radius 1 is 1.18 bits per heavy atom. The number of hydrogen-bond acceptors (Lipinski definition) is 1. The Labute approximate surface area is 105 Å². The molecule has 0 radical (unpaired) electrons. The van der Waals surface area contributed by atoms with Crippen molar-refractivity contribution in [2.75, 3.05) is 6.54 Å². The molecule has 0 heterocycles. The molecule has 0 atom stereocenters. The molecule has 0 aliphatic heterocycles. The Bertz CT molecular complexity index is 379. The van der Waals surface area contributed by atoms with Crippen LogP contribution in [0.4, 0.5) is 0 Å². The van der Waals surface area contributed by atoms with Gasteiger partial charge < -0.3 is 5.32 Å². The fourth-order valence-electron chi connectivity index (χ4n) is 2.43. The molecule has 0 fully saturated rings. The monoisotopic (exact) mass is 229 g/mol. The second-order valence-electron chi connectivity index (χ2n) is 4.81. The summed E-state index contributed by atoms with van der Waals surface area (Å²) in [5, 5.41) is 3.39. The molecule has 1 aromatic rings. The number of benzene rings is 1. The Morgan fingerprint density at radius 2 is 2.12 bits per heavy atom. The summed E-state index contributed by atoms with van der Waals surface area (Å²) in [6.45, 7) is 4.17. The lowest BCUT2D eigenvalue weighted by Crippen LogP contribution is -2.11. The van der Waals surface area contributed by atoms with Crippen molar-refractivity contribution in [2.24, 2.45) is 0 Å². The molecule has 17 heavy (non-hydrogen) atoms. The van der Waals surface area contributed by atoms with Crippen molar-refractivity contribution in [1.82, 2.24) is 5.32 Å². The summed E-state index contributed by atoms with van der Waals surface area (Å²) >= 11 is 0. The van der Waals surface area contributed by atoms with Gasteiger partial charge >= 0.3 is 0 Å². The zero-order valence-corrected chi connectivity index (χ0v) is 10.8. The molecule has 1 aliphatic carbocycles. The Kier molecular flexibility index (Phi) is 4.81. The highest BCUT2D eigenvalue weighted by Crippen LogP contribution is 2.26. The van der Waals surface area contributed by atoms with Crippen LogP contribution in [0.5, 0.6) is 0 Å². The van der Waals surface area contributed by atoms with Crippen molar-refractivity contribution < 1.29 is 0 Å². The van der Waals surface area contributed by atoms with Crippen LogP contribution in [0.15, 0.2) is 30.3 Å². The maximum atomic E-state index is 3.39. The molecule has 1 N–H and O–H groups in total. The van der Waals surface area contributed by atoms with Gasteiger partial charge in [-0.3, -0.25) is 0 Å². The van der Waals surface area contributed by atoms with Crippen LogP contribution in [-0.4, -0.2) is 6.54 Å². The first kappa shape index (κ1) is 12.4. The Balaban J connectivity index is 2.11. The highest BCUT2D eigenvalue weighted by molar-refractivity contribution is 5.66. The first-order valence-electron chi connectivity index (χ1n) is 6.89. The van der Waals surface area contributed by atoms with Gasteiger partial charge in [-0.2, -0.15) is 0 Å². The van der Waals surface area contributed by atoms with E-state index in [1.165, 1.54) is 43.2 Å². The van der Waals surface area contributed by atoms with Crippen LogP contribution in [-0.2, 0) is 6.54 Å². The first-order valence-corrected chi connectivity index (χ1v) is 6.89. The zero-order valence-electron chi connectivity index (χ0n) is 10.8. The first-order chi connectivity index (χ1) is 8.40. The van der Waals surface area contributed by atoms with E-state index < -0.39 is 0 Å². The predicted molar refractivity (Wildman–Crippen MR) is 74.9 cm³/mol. The lowest BCUT2D eigenvalue weighted by Gasteiger charge is -2.08. The molecule has 0 aromatic heterocycles. The largest absolute Gasteiger partial charge is 0.313 e. The van der Waals surface area contributed by atoms with Crippen LogP contribution in [0.3, 0.4) is 0 Å². The highest BCUT2D eigenvalue weighted by atomic mass is 14.8. The Hall–Kier alpha value is -1.08. The van der Waals surface area contributed by atoms with Gasteiger partial charge in [0.25, 0.3) is 0 Å². The fourth-order valence-corrected chi connectivity index (χ4v) is 2.43. The molecule has 1 aromatic carbocycles. The van der Waals surface area contributed by atoms with Crippen molar-refractivity contribution in [3.8, 4) is 0 Å². The van der Waals surface area contributed by atoms with Gasteiger partial charge in [0.2, 0.25) is 0 Å². The van der Waals surface area contributed by atoms with Crippen molar-refractivity contribution >= 4 is 5.57 Å². The predicted octanol–water partition coefficient (Wildman–Crippen LogP) is 4.14. The third-order valence-corrected chi connectivity index (χ3v) is 3.42. The van der Waals surface area contributed by atoms with E-state index in [-0.39, 0.29) is 0 Å². The van der Waals surface area contributed by atoms with Crippen molar-refractivity contribution in [3.05, 3.63) is 41.5 Å². The lowest BCUT2D eigenvalue weighted by molar-refractivity contribution is 0.719. The van der Waals surface area contributed by atoms with E-state index in [4.69, 9.17) is 0 Å². The third-order valence-electron chi connectivity index (χ3n) is 3.42.